The molecule has 0 bridgehead atoms. The minimum atomic E-state index is 0.224. The van der Waals surface area contributed by atoms with Crippen LogP contribution in [0.2, 0.25) is 0 Å². The number of anilines is 2. The van der Waals surface area contributed by atoms with Gasteiger partial charge in [-0.15, -0.1) is 5.10 Å². The molecule has 1 aromatic rings. The van der Waals surface area contributed by atoms with Gasteiger partial charge in [-0.3, -0.25) is 4.79 Å². The van der Waals surface area contributed by atoms with Gasteiger partial charge < -0.3 is 19.9 Å². The zero-order valence-electron chi connectivity index (χ0n) is 14.7. The molecule has 1 saturated carbocycles. The molecule has 0 spiro atoms. The first kappa shape index (κ1) is 16.6. The number of hydrogen-bond acceptors (Lipinski definition) is 6. The lowest BCUT2D eigenvalue weighted by atomic mass is 10.1. The van der Waals surface area contributed by atoms with Crippen LogP contribution in [0.1, 0.15) is 32.1 Å². The van der Waals surface area contributed by atoms with Crippen molar-refractivity contribution in [2.24, 2.45) is 5.92 Å². The quantitative estimate of drug-likeness (QED) is 0.884. The van der Waals surface area contributed by atoms with Crippen LogP contribution in [-0.2, 0) is 9.53 Å². The zero-order valence-corrected chi connectivity index (χ0v) is 14.7. The third-order valence-corrected chi connectivity index (χ3v) is 5.59. The van der Waals surface area contributed by atoms with Crippen LogP contribution in [-0.4, -0.2) is 61.5 Å². The molecule has 1 N–H and O–H groups in total. The van der Waals surface area contributed by atoms with Crippen LogP contribution < -0.4 is 15.1 Å². The molecule has 1 atom stereocenters. The maximum absolute atomic E-state index is 12.3. The molecule has 25 heavy (non-hydrogen) atoms. The Labute approximate surface area is 148 Å². The first-order valence-electron chi connectivity index (χ1n) is 9.50. The highest BCUT2D eigenvalue weighted by molar-refractivity contribution is 5.79. The van der Waals surface area contributed by atoms with Gasteiger partial charge in [0.05, 0.1) is 25.1 Å². The summed E-state index contributed by atoms with van der Waals surface area (Å²) in [5, 5.41) is 11.7. The van der Waals surface area contributed by atoms with Crippen molar-refractivity contribution >= 4 is 17.4 Å². The Balaban J connectivity index is 1.35. The highest BCUT2D eigenvalue weighted by Crippen LogP contribution is 2.26. The lowest BCUT2D eigenvalue weighted by Crippen LogP contribution is -2.40. The van der Waals surface area contributed by atoms with E-state index in [1.165, 1.54) is 12.8 Å². The molecular formula is C18H27N5O2. The Kier molecular flexibility index (Phi) is 5.01. The molecule has 7 heteroatoms. The lowest BCUT2D eigenvalue weighted by Gasteiger charge is -2.29. The summed E-state index contributed by atoms with van der Waals surface area (Å²) in [5.74, 6) is 1.39. The predicted octanol–water partition coefficient (Wildman–Crippen LogP) is 1.20. The second kappa shape index (κ2) is 7.56. The summed E-state index contributed by atoms with van der Waals surface area (Å²) in [5.41, 5.74) is 1.10. The van der Waals surface area contributed by atoms with Crippen LogP contribution in [0.5, 0.6) is 0 Å². The SMILES string of the molecule is O=C(NC1CCN(c2cc(N3CCOCC3)cnn2)C1)C1CCCC1. The number of aromatic nitrogens is 2. The van der Waals surface area contributed by atoms with Gasteiger partial charge in [-0.1, -0.05) is 12.8 Å². The minimum absolute atomic E-state index is 0.224. The van der Waals surface area contributed by atoms with E-state index < -0.39 is 0 Å². The average molecular weight is 345 g/mol. The second-order valence-corrected chi connectivity index (χ2v) is 7.29. The Morgan fingerprint density at radius 3 is 2.72 bits per heavy atom. The van der Waals surface area contributed by atoms with Gasteiger partial charge in [0.15, 0.2) is 5.82 Å². The number of amides is 1. The molecule has 3 heterocycles. The summed E-state index contributed by atoms with van der Waals surface area (Å²) in [6.45, 7) is 5.04. The fourth-order valence-electron chi connectivity index (χ4n) is 4.09. The fraction of sp³-hybridized carbons (Fsp3) is 0.722. The van der Waals surface area contributed by atoms with Crippen LogP contribution in [0.25, 0.3) is 0 Å². The van der Waals surface area contributed by atoms with Crippen molar-refractivity contribution < 1.29 is 9.53 Å². The molecule has 1 unspecified atom stereocenters. The lowest BCUT2D eigenvalue weighted by molar-refractivity contribution is -0.125. The monoisotopic (exact) mass is 345 g/mol. The van der Waals surface area contributed by atoms with Gasteiger partial charge in [0.25, 0.3) is 0 Å². The summed E-state index contributed by atoms with van der Waals surface area (Å²) in [6.07, 6.45) is 7.29. The van der Waals surface area contributed by atoms with E-state index >= 15 is 0 Å². The van der Waals surface area contributed by atoms with Crippen molar-refractivity contribution in [3.05, 3.63) is 12.3 Å². The molecule has 136 valence electrons. The number of rotatable bonds is 4. The van der Waals surface area contributed by atoms with Crippen molar-refractivity contribution in [1.29, 1.82) is 0 Å². The maximum Gasteiger partial charge on any atom is 0.223 e. The van der Waals surface area contributed by atoms with Crippen molar-refractivity contribution in [2.75, 3.05) is 49.2 Å². The molecular weight excluding hydrogens is 318 g/mol. The van der Waals surface area contributed by atoms with Crippen molar-refractivity contribution in [3.8, 4) is 0 Å². The Bertz CT molecular complexity index is 599. The first-order chi connectivity index (χ1) is 12.3. The molecule has 0 aromatic carbocycles. The summed E-state index contributed by atoms with van der Waals surface area (Å²) in [6, 6.07) is 2.33. The van der Waals surface area contributed by atoms with Crippen LogP contribution in [0.4, 0.5) is 11.5 Å². The van der Waals surface area contributed by atoms with E-state index in [0.29, 0.717) is 0 Å². The van der Waals surface area contributed by atoms with Gasteiger partial charge in [-0.05, 0) is 19.3 Å². The van der Waals surface area contributed by atoms with Gasteiger partial charge in [0.1, 0.15) is 0 Å². The molecule has 2 saturated heterocycles. The number of carbonyl (C=O) groups is 1. The summed E-state index contributed by atoms with van der Waals surface area (Å²) < 4.78 is 5.42. The van der Waals surface area contributed by atoms with Gasteiger partial charge in [-0.25, -0.2) is 0 Å². The van der Waals surface area contributed by atoms with Gasteiger partial charge in [-0.2, -0.15) is 5.10 Å². The van der Waals surface area contributed by atoms with E-state index in [-0.39, 0.29) is 17.9 Å². The van der Waals surface area contributed by atoms with Gasteiger partial charge >= 0.3 is 0 Å². The average Bonchev–Trinajstić information content (AvgIpc) is 3.35. The standard InChI is InChI=1S/C18H27N5O2/c24-18(14-3-1-2-4-14)20-15-5-6-23(13-15)17-11-16(12-19-21-17)22-7-9-25-10-8-22/h11-12,14-15H,1-10,13H2,(H,20,24). The first-order valence-corrected chi connectivity index (χ1v) is 9.50. The smallest absolute Gasteiger partial charge is 0.223 e. The third-order valence-electron chi connectivity index (χ3n) is 5.59. The van der Waals surface area contributed by atoms with Crippen LogP contribution in [0.15, 0.2) is 12.3 Å². The zero-order chi connectivity index (χ0) is 17.1. The number of carbonyl (C=O) groups excluding carboxylic acids is 1. The van der Waals surface area contributed by atoms with Gasteiger partial charge in [0.2, 0.25) is 5.91 Å². The minimum Gasteiger partial charge on any atom is -0.378 e. The van der Waals surface area contributed by atoms with E-state index in [9.17, 15) is 4.79 Å². The van der Waals surface area contributed by atoms with E-state index in [1.54, 1.807) is 0 Å². The maximum atomic E-state index is 12.3. The van der Waals surface area contributed by atoms with Crippen LogP contribution in [0.3, 0.4) is 0 Å². The number of nitrogens with zero attached hydrogens (tertiary/aromatic N) is 4. The van der Waals surface area contributed by atoms with Crippen LogP contribution >= 0.6 is 0 Å². The van der Waals surface area contributed by atoms with Gasteiger partial charge in [0, 0.05) is 44.2 Å². The van der Waals surface area contributed by atoms with E-state index in [4.69, 9.17) is 4.74 Å². The molecule has 4 rings (SSSR count). The van der Waals surface area contributed by atoms with Crippen molar-refractivity contribution in [3.63, 3.8) is 0 Å². The predicted molar refractivity (Wildman–Crippen MR) is 95.8 cm³/mol. The molecule has 3 aliphatic rings. The van der Waals surface area contributed by atoms with E-state index in [1.807, 2.05) is 6.20 Å². The fourth-order valence-corrected chi connectivity index (χ4v) is 4.09. The molecule has 7 nitrogen and oxygen atoms in total. The number of nitrogens with one attached hydrogen (secondary N) is 1. The highest BCUT2D eigenvalue weighted by atomic mass is 16.5. The molecule has 1 amide bonds. The number of hydrogen-bond donors (Lipinski definition) is 1. The second-order valence-electron chi connectivity index (χ2n) is 7.29. The highest BCUT2D eigenvalue weighted by Gasteiger charge is 2.29. The number of ether oxygens (including phenoxy) is 1. The molecule has 3 fully saturated rings. The van der Waals surface area contributed by atoms with Crippen LogP contribution in [0, 0.1) is 5.92 Å². The molecule has 0 radical (unpaired) electrons. The van der Waals surface area contributed by atoms with Crippen molar-refractivity contribution in [1.82, 2.24) is 15.5 Å². The van der Waals surface area contributed by atoms with Crippen molar-refractivity contribution in [2.45, 2.75) is 38.1 Å². The third kappa shape index (κ3) is 3.86. The largest absolute Gasteiger partial charge is 0.378 e. The molecule has 1 aromatic heterocycles. The topological polar surface area (TPSA) is 70.6 Å². The Morgan fingerprint density at radius 1 is 1.12 bits per heavy atom. The van der Waals surface area contributed by atoms with E-state index in [2.05, 4.69) is 31.4 Å². The van der Waals surface area contributed by atoms with E-state index in [0.717, 1.165) is 70.2 Å². The Morgan fingerprint density at radius 2 is 1.92 bits per heavy atom. The summed E-state index contributed by atoms with van der Waals surface area (Å²) >= 11 is 0. The summed E-state index contributed by atoms with van der Waals surface area (Å²) in [7, 11) is 0. The molecule has 1 aliphatic carbocycles. The normalized spacial score (nSPS) is 24.7. The summed E-state index contributed by atoms with van der Waals surface area (Å²) in [4.78, 5) is 16.9. The number of morpholine rings is 1. The Hall–Kier alpha value is -1.89. The molecule has 2 aliphatic heterocycles.